The molecule has 0 amide bonds. The van der Waals surface area contributed by atoms with Crippen molar-refractivity contribution in [3.05, 3.63) is 356 Å². The number of nitrogens with zero attached hydrogens (tertiary/aromatic N) is 4. The van der Waals surface area contributed by atoms with Crippen LogP contribution in [0.2, 0.25) is 0 Å². The molecule has 1 unspecified atom stereocenters. The van der Waals surface area contributed by atoms with Gasteiger partial charge >= 0.3 is 0 Å². The fourth-order valence-corrected chi connectivity index (χ4v) is 20.3. The Morgan fingerprint density at radius 1 is 0.259 bits per heavy atom. The van der Waals surface area contributed by atoms with Crippen molar-refractivity contribution in [2.75, 3.05) is 19.6 Å². The Hall–Kier alpha value is -12.6. The van der Waals surface area contributed by atoms with E-state index in [9.17, 15) is 0 Å². The first-order valence-electron chi connectivity index (χ1n) is 41.7. The van der Waals surface area contributed by atoms with Crippen molar-refractivity contribution in [2.24, 2.45) is 16.7 Å². The van der Waals surface area contributed by atoms with Crippen LogP contribution in [0.5, 0.6) is 0 Å². The summed E-state index contributed by atoms with van der Waals surface area (Å²) in [5, 5.41) is 9.80. The fourth-order valence-electron chi connectivity index (χ4n) is 20.3. The molecule has 4 aliphatic heterocycles. The second-order valence-corrected chi connectivity index (χ2v) is 37.2. The molecule has 560 valence electrons. The second kappa shape index (κ2) is 26.5. The van der Waals surface area contributed by atoms with Crippen LogP contribution in [0.3, 0.4) is 0 Å². The lowest BCUT2D eigenvalue weighted by Gasteiger charge is -2.48. The van der Waals surface area contributed by atoms with Crippen LogP contribution in [0, 0.1) is 16.7 Å². The highest BCUT2D eigenvalue weighted by Gasteiger charge is 2.50. The predicted octanol–water partition coefficient (Wildman–Crippen LogP) is 26.3. The van der Waals surface area contributed by atoms with Crippen molar-refractivity contribution in [3.63, 3.8) is 0 Å². The van der Waals surface area contributed by atoms with Gasteiger partial charge < -0.3 is 19.6 Å². The molecule has 0 fully saturated rings. The number of fused-ring (bicyclic) bond motifs is 12. The molecule has 6 heteroatoms. The maximum absolute atomic E-state index is 2.79. The molecule has 21 rings (SSSR count). The van der Waals surface area contributed by atoms with Crippen molar-refractivity contribution < 1.29 is 0 Å². The molecule has 0 radical (unpaired) electrons. The number of rotatable bonds is 8. The van der Waals surface area contributed by atoms with E-state index in [2.05, 4.69) is 436 Å². The molecule has 4 heterocycles. The van der Waals surface area contributed by atoms with Crippen molar-refractivity contribution in [1.82, 2.24) is 0 Å². The van der Waals surface area contributed by atoms with Gasteiger partial charge in [0.2, 0.25) is 0 Å². The summed E-state index contributed by atoms with van der Waals surface area (Å²) < 4.78 is 0. The minimum Gasteiger partial charge on any atom is -0.312 e. The van der Waals surface area contributed by atoms with E-state index < -0.39 is 0 Å². The molecule has 1 aliphatic carbocycles. The van der Waals surface area contributed by atoms with E-state index in [1.165, 1.54) is 183 Å². The van der Waals surface area contributed by atoms with Gasteiger partial charge in [0, 0.05) is 68.3 Å². The summed E-state index contributed by atoms with van der Waals surface area (Å²) in [7, 11) is 0. The lowest BCUT2D eigenvalue weighted by Crippen LogP contribution is -2.65. The van der Waals surface area contributed by atoms with Gasteiger partial charge in [-0.05, 0) is 250 Å². The number of hydrogen-bond acceptors (Lipinski definition) is 4. The first kappa shape index (κ1) is 71.2. The SMILES string of the molecule is CC(C)(C)C1=CC(N2c3cc4c(cc3B3c5ccccc5N(c5ccccc5)c5cc(-c6c7ccccc7c(-c7ccccc7)c7ccccc67)cc2c53)B2c3ccccc3N(c3ccccc3)c3cc(-c5c6ccccc6c(-c6ccccc6)c6ccccc56)cc(c32)N4c2cc(C(C)(C)C)cc(C(C)(C)C)c2)=CC(C(C)(C)C)C1. The van der Waals surface area contributed by atoms with Gasteiger partial charge in [-0.1, -0.05) is 337 Å². The molecule has 5 aliphatic rings. The topological polar surface area (TPSA) is 13.0 Å². The van der Waals surface area contributed by atoms with Gasteiger partial charge in [-0.25, -0.2) is 0 Å². The molecule has 1 atom stereocenters. The molecule has 0 spiro atoms. The molecule has 0 aromatic heterocycles. The molecular formula is C110H94B2N4. The van der Waals surface area contributed by atoms with Crippen LogP contribution < -0.4 is 52.4 Å². The molecule has 0 saturated carbocycles. The molecule has 116 heavy (non-hydrogen) atoms. The van der Waals surface area contributed by atoms with E-state index >= 15 is 0 Å². The Bertz CT molecular complexity index is 6660. The van der Waals surface area contributed by atoms with E-state index in [1.54, 1.807) is 0 Å². The largest absolute Gasteiger partial charge is 0.312 e. The highest BCUT2D eigenvalue weighted by atomic mass is 15.2. The maximum atomic E-state index is 2.79. The van der Waals surface area contributed by atoms with Gasteiger partial charge in [0.05, 0.1) is 0 Å². The van der Waals surface area contributed by atoms with Crippen molar-refractivity contribution in [2.45, 2.75) is 100 Å². The van der Waals surface area contributed by atoms with Crippen LogP contribution in [0.1, 0.15) is 101 Å². The van der Waals surface area contributed by atoms with E-state index in [-0.39, 0.29) is 41.0 Å². The molecule has 4 nitrogen and oxygen atoms in total. The highest BCUT2D eigenvalue weighted by Crippen LogP contribution is 2.56. The summed E-state index contributed by atoms with van der Waals surface area (Å²) in [5.74, 6) is 0.214. The third kappa shape index (κ3) is 11.2. The van der Waals surface area contributed by atoms with Crippen LogP contribution in [-0.2, 0) is 10.8 Å². The highest BCUT2D eigenvalue weighted by molar-refractivity contribution is 7.03. The van der Waals surface area contributed by atoms with E-state index in [4.69, 9.17) is 0 Å². The third-order valence-electron chi connectivity index (χ3n) is 26.0. The first-order chi connectivity index (χ1) is 56.1. The molecule has 16 aromatic carbocycles. The summed E-state index contributed by atoms with van der Waals surface area (Å²) in [6, 6.07) is 124. The van der Waals surface area contributed by atoms with Gasteiger partial charge in [0.25, 0.3) is 13.4 Å². The average Bonchev–Trinajstić information content (AvgIpc) is 0.678. The molecule has 16 aromatic rings. The normalized spacial score (nSPS) is 14.9. The number of allylic oxidation sites excluding steroid dienone is 3. The van der Waals surface area contributed by atoms with Gasteiger partial charge in [0.15, 0.2) is 0 Å². The number of para-hydroxylation sites is 4. The molecule has 0 saturated heterocycles. The van der Waals surface area contributed by atoms with Gasteiger partial charge in [-0.2, -0.15) is 0 Å². The minimum atomic E-state index is -0.216. The number of benzene rings is 16. The van der Waals surface area contributed by atoms with E-state index in [1.807, 2.05) is 0 Å². The van der Waals surface area contributed by atoms with Crippen molar-refractivity contribution >= 4 is 152 Å². The summed E-state index contributed by atoms with van der Waals surface area (Å²) >= 11 is 0. The Morgan fingerprint density at radius 3 is 0.940 bits per heavy atom. The summed E-state index contributed by atoms with van der Waals surface area (Å²) in [6.45, 7) is 28.6. The van der Waals surface area contributed by atoms with Crippen molar-refractivity contribution in [3.8, 4) is 44.5 Å². The smallest absolute Gasteiger partial charge is 0.252 e. The summed E-state index contributed by atoms with van der Waals surface area (Å²) in [4.78, 5) is 10.8. The maximum Gasteiger partial charge on any atom is 0.252 e. The summed E-state index contributed by atoms with van der Waals surface area (Å²) in [6.07, 6.45) is 6.28. The number of hydrogen-bond donors (Lipinski definition) is 0. The minimum absolute atomic E-state index is 0.0745. The Morgan fingerprint density at radius 2 is 0.578 bits per heavy atom. The molecule has 0 N–H and O–H groups in total. The third-order valence-corrected chi connectivity index (χ3v) is 26.0. The van der Waals surface area contributed by atoms with Crippen LogP contribution in [0.15, 0.2) is 345 Å². The zero-order valence-corrected chi connectivity index (χ0v) is 68.5. The van der Waals surface area contributed by atoms with Crippen LogP contribution >= 0.6 is 0 Å². The van der Waals surface area contributed by atoms with Crippen LogP contribution in [0.4, 0.5) is 62.6 Å². The predicted molar refractivity (Wildman–Crippen MR) is 501 cm³/mol. The Kier molecular flexibility index (Phi) is 16.2. The zero-order valence-electron chi connectivity index (χ0n) is 68.5. The second-order valence-electron chi connectivity index (χ2n) is 37.2. The van der Waals surface area contributed by atoms with E-state index in [0.29, 0.717) is 0 Å². The lowest BCUT2D eigenvalue weighted by molar-refractivity contribution is 0.273. The monoisotopic (exact) mass is 1490 g/mol. The van der Waals surface area contributed by atoms with Crippen LogP contribution in [0.25, 0.3) is 87.6 Å². The Labute approximate surface area is 684 Å². The summed E-state index contributed by atoms with van der Waals surface area (Å²) in [5.41, 5.74) is 34.8. The first-order valence-corrected chi connectivity index (χ1v) is 41.7. The van der Waals surface area contributed by atoms with Crippen molar-refractivity contribution in [1.29, 1.82) is 0 Å². The van der Waals surface area contributed by atoms with Gasteiger partial charge in [-0.3, -0.25) is 0 Å². The average molecular weight is 1490 g/mol. The number of anilines is 11. The zero-order chi connectivity index (χ0) is 79.0. The van der Waals surface area contributed by atoms with E-state index in [0.717, 1.165) is 29.0 Å². The lowest BCUT2D eigenvalue weighted by atomic mass is 9.30. The molecular weight excluding hydrogens is 1400 g/mol. The molecule has 0 bridgehead atoms. The Balaban J connectivity index is 0.937. The standard InChI is InChI=1S/C110H94B2N4/c1-107(2,3)73-61-74(108(4,5)6)64-79(63-73)115-95-68-96-92(67-91(95)111-89-53-33-35-55-93(89)113(77-41-21-15-22-42-77)97-57-71(59-99(115)105(97)111)103-85-49-29-25-45-81(85)101(69-37-17-13-18-38-69)82-46-26-30-50-86(82)103)112-90-54-34-36-56-94(90)114(78-43-23-16-24-44-78)98-58-72(60-100(106(98)112)116(96)80-65-75(109(7,8)9)62-76(66-80)110(10,11)12)104-87-51-31-27-47-83(87)102(70-39-19-14-20-40-70)84-48-28-32-52-88(84)104/h13-61,63-68,75H,62H2,1-12H3. The fraction of sp³-hybridized carbons (Fsp3) is 0.164. The van der Waals surface area contributed by atoms with Gasteiger partial charge in [0.1, 0.15) is 0 Å². The quantitative estimate of drug-likeness (QED) is 0.111. The van der Waals surface area contributed by atoms with Gasteiger partial charge in [-0.15, -0.1) is 0 Å². The van der Waals surface area contributed by atoms with Crippen LogP contribution in [-0.4, -0.2) is 13.4 Å².